The van der Waals surface area contributed by atoms with Crippen molar-refractivity contribution in [1.82, 2.24) is 4.57 Å². The number of aliphatic imine (C=N–C) groups is 1. The van der Waals surface area contributed by atoms with Crippen LogP contribution in [0.4, 0.5) is 5.69 Å². The summed E-state index contributed by atoms with van der Waals surface area (Å²) in [5, 5.41) is 2.45. The highest BCUT2D eigenvalue weighted by Crippen LogP contribution is 2.40. The SMILES string of the molecule is C=Nc1cccc2c1c1cccc3c1n2-c1cccc2c1B3c1ccccc1-2. The maximum absolute atomic E-state index is 4.33. The second kappa shape index (κ2) is 4.82. The van der Waals surface area contributed by atoms with Gasteiger partial charge in [0, 0.05) is 22.0 Å². The predicted molar refractivity (Wildman–Crippen MR) is 120 cm³/mol. The van der Waals surface area contributed by atoms with E-state index in [9.17, 15) is 0 Å². The Balaban J connectivity index is 1.78. The van der Waals surface area contributed by atoms with Gasteiger partial charge in [-0.25, -0.2) is 0 Å². The average molecular weight is 354 g/mol. The van der Waals surface area contributed by atoms with Crippen LogP contribution in [-0.4, -0.2) is 18.0 Å². The molecule has 2 nitrogen and oxygen atoms in total. The molecule has 1 aromatic heterocycles. The van der Waals surface area contributed by atoms with E-state index in [1.54, 1.807) is 0 Å². The van der Waals surface area contributed by atoms with Crippen molar-refractivity contribution in [2.24, 2.45) is 4.99 Å². The van der Waals surface area contributed by atoms with Crippen LogP contribution in [0.5, 0.6) is 0 Å². The Morgan fingerprint density at radius 3 is 2.46 bits per heavy atom. The second-order valence-electron chi connectivity index (χ2n) is 7.67. The van der Waals surface area contributed by atoms with Gasteiger partial charge in [0.25, 0.3) is 0 Å². The van der Waals surface area contributed by atoms with E-state index in [1.165, 1.54) is 55.0 Å². The Labute approximate surface area is 162 Å². The van der Waals surface area contributed by atoms with Gasteiger partial charge in [-0.3, -0.25) is 4.99 Å². The molecule has 0 saturated heterocycles. The van der Waals surface area contributed by atoms with Crippen LogP contribution >= 0.6 is 0 Å². The lowest BCUT2D eigenvalue weighted by Crippen LogP contribution is -2.53. The topological polar surface area (TPSA) is 17.3 Å². The lowest BCUT2D eigenvalue weighted by atomic mass is 9.37. The van der Waals surface area contributed by atoms with Gasteiger partial charge < -0.3 is 4.57 Å². The van der Waals surface area contributed by atoms with Crippen LogP contribution in [0.2, 0.25) is 0 Å². The van der Waals surface area contributed by atoms with Crippen molar-refractivity contribution in [2.45, 2.75) is 0 Å². The zero-order valence-electron chi connectivity index (χ0n) is 15.2. The summed E-state index contributed by atoms with van der Waals surface area (Å²) in [6.07, 6.45) is 0. The summed E-state index contributed by atoms with van der Waals surface area (Å²) in [4.78, 5) is 4.33. The molecule has 3 heteroatoms. The summed E-state index contributed by atoms with van der Waals surface area (Å²) in [5.41, 5.74) is 11.7. The lowest BCUT2D eigenvalue weighted by Gasteiger charge is -2.24. The number of rotatable bonds is 1. The number of benzene rings is 4. The Kier molecular flexibility index (Phi) is 2.49. The predicted octanol–water partition coefficient (Wildman–Crippen LogP) is 3.93. The van der Waals surface area contributed by atoms with E-state index in [0.717, 1.165) is 5.69 Å². The summed E-state index contributed by atoms with van der Waals surface area (Å²) in [7, 11) is 0. The Hall–Kier alpha value is -3.59. The monoisotopic (exact) mass is 354 g/mol. The molecular formula is C25H15BN2. The van der Waals surface area contributed by atoms with Gasteiger partial charge in [-0.1, -0.05) is 66.1 Å². The quantitative estimate of drug-likeness (QED) is 0.314. The van der Waals surface area contributed by atoms with Crippen molar-refractivity contribution >= 4 is 57.3 Å². The summed E-state index contributed by atoms with van der Waals surface area (Å²) >= 11 is 0. The highest BCUT2D eigenvalue weighted by Gasteiger charge is 2.40. The Morgan fingerprint density at radius 1 is 0.750 bits per heavy atom. The third-order valence-corrected chi connectivity index (χ3v) is 6.48. The first-order valence-electron chi connectivity index (χ1n) is 9.64. The molecular weight excluding hydrogens is 339 g/mol. The summed E-state index contributed by atoms with van der Waals surface area (Å²) in [5.74, 6) is 0. The number of hydrogen-bond acceptors (Lipinski definition) is 1. The van der Waals surface area contributed by atoms with Crippen LogP contribution in [-0.2, 0) is 0 Å². The van der Waals surface area contributed by atoms with Crippen molar-refractivity contribution in [1.29, 1.82) is 0 Å². The van der Waals surface area contributed by atoms with Gasteiger partial charge in [-0.15, -0.1) is 0 Å². The van der Waals surface area contributed by atoms with E-state index < -0.39 is 0 Å². The molecule has 0 radical (unpaired) electrons. The van der Waals surface area contributed by atoms with Crippen LogP contribution < -0.4 is 16.4 Å². The molecule has 5 aromatic rings. The normalized spacial score (nSPS) is 13.1. The first-order valence-corrected chi connectivity index (χ1v) is 9.64. The fraction of sp³-hybridized carbons (Fsp3) is 0. The van der Waals surface area contributed by atoms with Crippen molar-refractivity contribution < 1.29 is 0 Å². The van der Waals surface area contributed by atoms with Crippen LogP contribution in [0.25, 0.3) is 38.6 Å². The molecule has 128 valence electrons. The molecule has 0 amide bonds. The van der Waals surface area contributed by atoms with Gasteiger partial charge in [-0.05, 0) is 47.0 Å². The Bertz CT molecular complexity index is 1490. The number of nitrogens with zero attached hydrogens (tertiary/aromatic N) is 2. The molecule has 0 saturated carbocycles. The highest BCUT2D eigenvalue weighted by atomic mass is 15.0. The van der Waals surface area contributed by atoms with E-state index in [1.807, 2.05) is 0 Å². The van der Waals surface area contributed by atoms with Gasteiger partial charge in [0.15, 0.2) is 0 Å². The first-order chi connectivity index (χ1) is 13.9. The van der Waals surface area contributed by atoms with Crippen molar-refractivity contribution in [3.05, 3.63) is 78.9 Å². The maximum atomic E-state index is 4.33. The molecule has 4 aromatic carbocycles. The third-order valence-electron chi connectivity index (χ3n) is 6.48. The largest absolute Gasteiger partial charge is 0.310 e. The molecule has 0 aliphatic carbocycles. The molecule has 0 N–H and O–H groups in total. The summed E-state index contributed by atoms with van der Waals surface area (Å²) in [6, 6.07) is 28.6. The zero-order chi connectivity index (χ0) is 18.4. The molecule has 0 unspecified atom stereocenters. The molecule has 7 rings (SSSR count). The van der Waals surface area contributed by atoms with E-state index >= 15 is 0 Å². The smallest absolute Gasteiger partial charge is 0.248 e. The van der Waals surface area contributed by atoms with Crippen LogP contribution in [0.1, 0.15) is 0 Å². The van der Waals surface area contributed by atoms with E-state index in [4.69, 9.17) is 0 Å². The molecule has 0 spiro atoms. The average Bonchev–Trinajstić information content (AvgIpc) is 3.27. The van der Waals surface area contributed by atoms with Gasteiger partial charge in [0.05, 0.1) is 11.2 Å². The standard InChI is InChI=1S/C25H15BN2/c1-27-20-12-6-13-21-23(20)17-9-4-11-19-25(17)28(21)22-14-5-8-16-15-7-2-3-10-18(15)26(19)24(16)22/h2-14H,1H2. The van der Waals surface area contributed by atoms with Crippen LogP contribution in [0.15, 0.2) is 83.9 Å². The number of hydrogen-bond donors (Lipinski definition) is 0. The lowest BCUT2D eigenvalue weighted by molar-refractivity contribution is 1.19. The van der Waals surface area contributed by atoms with E-state index in [0.29, 0.717) is 6.71 Å². The Morgan fingerprint density at radius 2 is 1.54 bits per heavy atom. The highest BCUT2D eigenvalue weighted by molar-refractivity contribution is 7.01. The van der Waals surface area contributed by atoms with Gasteiger partial charge in [-0.2, -0.15) is 0 Å². The van der Waals surface area contributed by atoms with E-state index in [2.05, 4.69) is 95.1 Å². The van der Waals surface area contributed by atoms with Crippen LogP contribution in [0.3, 0.4) is 0 Å². The van der Waals surface area contributed by atoms with Gasteiger partial charge >= 0.3 is 0 Å². The summed E-state index contributed by atoms with van der Waals surface area (Å²) in [6.45, 7) is 4.11. The van der Waals surface area contributed by atoms with Gasteiger partial charge in [0.2, 0.25) is 6.71 Å². The van der Waals surface area contributed by atoms with E-state index in [-0.39, 0.29) is 0 Å². The zero-order valence-corrected chi connectivity index (χ0v) is 15.2. The molecule has 2 aliphatic heterocycles. The van der Waals surface area contributed by atoms with Crippen molar-refractivity contribution in [3.8, 4) is 16.8 Å². The molecule has 0 bridgehead atoms. The minimum Gasteiger partial charge on any atom is -0.310 e. The number of fused-ring (bicyclic) bond motifs is 8. The van der Waals surface area contributed by atoms with Crippen molar-refractivity contribution in [3.63, 3.8) is 0 Å². The summed E-state index contributed by atoms with van der Waals surface area (Å²) < 4.78 is 2.44. The van der Waals surface area contributed by atoms with Crippen molar-refractivity contribution in [2.75, 3.05) is 0 Å². The molecule has 0 fully saturated rings. The third kappa shape index (κ3) is 1.48. The number of para-hydroxylation sites is 1. The molecule has 2 aliphatic rings. The molecule has 0 atom stereocenters. The second-order valence-corrected chi connectivity index (χ2v) is 7.67. The first kappa shape index (κ1) is 14.5. The fourth-order valence-corrected chi connectivity index (χ4v) is 5.50. The maximum Gasteiger partial charge on any atom is 0.248 e. The minimum atomic E-state index is 0.294. The molecule has 28 heavy (non-hydrogen) atoms. The minimum absolute atomic E-state index is 0.294. The number of aromatic nitrogens is 1. The molecule has 3 heterocycles. The van der Waals surface area contributed by atoms with Crippen LogP contribution in [0, 0.1) is 0 Å². The fourth-order valence-electron chi connectivity index (χ4n) is 5.50. The van der Waals surface area contributed by atoms with Gasteiger partial charge in [0.1, 0.15) is 0 Å².